The Labute approximate surface area is 113 Å². The molecular weight excluding hydrogens is 242 g/mol. The summed E-state index contributed by atoms with van der Waals surface area (Å²) in [7, 11) is 0. The molecule has 0 bridgehead atoms. The number of pyridine rings is 1. The van der Waals surface area contributed by atoms with E-state index in [0.717, 1.165) is 19.6 Å². The first-order valence-corrected chi connectivity index (χ1v) is 6.53. The van der Waals surface area contributed by atoms with Crippen LogP contribution < -0.4 is 0 Å². The number of hydrogen-bond acceptors (Lipinski definition) is 4. The van der Waals surface area contributed by atoms with Crippen LogP contribution in [0.3, 0.4) is 0 Å². The number of carbonyl (C=O) groups is 2. The molecule has 1 aliphatic heterocycles. The van der Waals surface area contributed by atoms with Crippen molar-refractivity contribution >= 4 is 11.7 Å². The first-order chi connectivity index (χ1) is 9.15. The minimum atomic E-state index is -0.0669. The molecule has 0 radical (unpaired) electrons. The zero-order valence-corrected chi connectivity index (χ0v) is 11.2. The van der Waals surface area contributed by atoms with Crippen molar-refractivity contribution in [3.8, 4) is 0 Å². The maximum atomic E-state index is 11.8. The second-order valence-corrected chi connectivity index (χ2v) is 4.90. The molecule has 0 spiro atoms. The summed E-state index contributed by atoms with van der Waals surface area (Å²) in [5.41, 5.74) is 1.19. The zero-order chi connectivity index (χ0) is 13.7. The summed E-state index contributed by atoms with van der Waals surface area (Å²) in [6.07, 6.45) is 3.66. The standard InChI is InChI=1S/C14H19N3O2/c1-12(18)9-14(19)17-7-5-16(6-8-17)11-13-3-2-4-15-10-13/h2-4,10H,5-9,11H2,1H3. The molecule has 2 heterocycles. The first-order valence-electron chi connectivity index (χ1n) is 6.53. The van der Waals surface area contributed by atoms with E-state index >= 15 is 0 Å². The Morgan fingerprint density at radius 1 is 1.26 bits per heavy atom. The van der Waals surface area contributed by atoms with Gasteiger partial charge in [0.2, 0.25) is 5.91 Å². The topological polar surface area (TPSA) is 53.5 Å². The van der Waals surface area contributed by atoms with Crippen molar-refractivity contribution in [1.29, 1.82) is 0 Å². The zero-order valence-electron chi connectivity index (χ0n) is 11.2. The van der Waals surface area contributed by atoms with Gasteiger partial charge in [0.05, 0.1) is 6.42 Å². The van der Waals surface area contributed by atoms with Gasteiger partial charge in [-0.15, -0.1) is 0 Å². The lowest BCUT2D eigenvalue weighted by molar-refractivity contribution is -0.136. The molecule has 19 heavy (non-hydrogen) atoms. The minimum Gasteiger partial charge on any atom is -0.340 e. The minimum absolute atomic E-state index is 0.0304. The second-order valence-electron chi connectivity index (χ2n) is 4.90. The van der Waals surface area contributed by atoms with E-state index in [0.29, 0.717) is 13.1 Å². The average Bonchev–Trinajstić information content (AvgIpc) is 2.40. The van der Waals surface area contributed by atoms with Crippen LogP contribution in [0.1, 0.15) is 18.9 Å². The monoisotopic (exact) mass is 261 g/mol. The number of piperazine rings is 1. The van der Waals surface area contributed by atoms with Crippen LogP contribution in [0.15, 0.2) is 24.5 Å². The van der Waals surface area contributed by atoms with E-state index < -0.39 is 0 Å². The SMILES string of the molecule is CC(=O)CC(=O)N1CCN(Cc2cccnc2)CC1. The van der Waals surface area contributed by atoms with E-state index in [9.17, 15) is 9.59 Å². The molecule has 1 amide bonds. The molecule has 5 nitrogen and oxygen atoms in total. The fourth-order valence-electron chi connectivity index (χ4n) is 2.23. The molecule has 0 aromatic carbocycles. The third-order valence-electron chi connectivity index (χ3n) is 3.25. The number of aromatic nitrogens is 1. The number of hydrogen-bond donors (Lipinski definition) is 0. The quantitative estimate of drug-likeness (QED) is 0.749. The number of carbonyl (C=O) groups excluding carboxylic acids is 2. The Hall–Kier alpha value is -1.75. The van der Waals surface area contributed by atoms with E-state index in [2.05, 4.69) is 16.0 Å². The highest BCUT2D eigenvalue weighted by Crippen LogP contribution is 2.08. The molecule has 2 rings (SSSR count). The Kier molecular flexibility index (Phi) is 4.63. The van der Waals surface area contributed by atoms with Gasteiger partial charge in [0.15, 0.2) is 0 Å². The predicted octanol–water partition coefficient (Wildman–Crippen LogP) is 0.705. The van der Waals surface area contributed by atoms with Crippen LogP contribution in [0, 0.1) is 0 Å². The van der Waals surface area contributed by atoms with Gasteiger partial charge < -0.3 is 4.90 Å². The molecule has 0 aliphatic carbocycles. The van der Waals surface area contributed by atoms with Crippen molar-refractivity contribution in [2.75, 3.05) is 26.2 Å². The normalized spacial score (nSPS) is 16.4. The molecule has 1 aliphatic rings. The van der Waals surface area contributed by atoms with Gasteiger partial charge in [-0.25, -0.2) is 0 Å². The molecule has 0 unspecified atom stereocenters. The van der Waals surface area contributed by atoms with Gasteiger partial charge in [-0.2, -0.15) is 0 Å². The van der Waals surface area contributed by atoms with Crippen LogP contribution in [-0.2, 0) is 16.1 Å². The van der Waals surface area contributed by atoms with Crippen LogP contribution in [0.5, 0.6) is 0 Å². The fraction of sp³-hybridized carbons (Fsp3) is 0.500. The van der Waals surface area contributed by atoms with Crippen LogP contribution in [0.25, 0.3) is 0 Å². The number of amides is 1. The van der Waals surface area contributed by atoms with E-state index in [-0.39, 0.29) is 18.1 Å². The summed E-state index contributed by atoms with van der Waals surface area (Å²) in [6.45, 7) is 5.41. The summed E-state index contributed by atoms with van der Waals surface area (Å²) in [4.78, 5) is 30.9. The molecule has 1 fully saturated rings. The maximum absolute atomic E-state index is 11.8. The molecule has 0 atom stereocenters. The van der Waals surface area contributed by atoms with Gasteiger partial charge in [-0.05, 0) is 18.6 Å². The van der Waals surface area contributed by atoms with Crippen molar-refractivity contribution in [3.63, 3.8) is 0 Å². The molecule has 102 valence electrons. The molecule has 1 saturated heterocycles. The average molecular weight is 261 g/mol. The van der Waals surface area contributed by atoms with Gasteiger partial charge in [-0.3, -0.25) is 19.5 Å². The summed E-state index contributed by atoms with van der Waals surface area (Å²) >= 11 is 0. The fourth-order valence-corrected chi connectivity index (χ4v) is 2.23. The van der Waals surface area contributed by atoms with Crippen molar-refractivity contribution in [2.24, 2.45) is 0 Å². The van der Waals surface area contributed by atoms with Gasteiger partial charge >= 0.3 is 0 Å². The highest BCUT2D eigenvalue weighted by atomic mass is 16.2. The lowest BCUT2D eigenvalue weighted by Gasteiger charge is -2.34. The van der Waals surface area contributed by atoms with E-state index in [1.807, 2.05) is 12.3 Å². The maximum Gasteiger partial charge on any atom is 0.230 e. The smallest absolute Gasteiger partial charge is 0.230 e. The Bertz CT molecular complexity index is 439. The summed E-state index contributed by atoms with van der Waals surface area (Å²) < 4.78 is 0. The largest absolute Gasteiger partial charge is 0.340 e. The second kappa shape index (κ2) is 6.43. The van der Waals surface area contributed by atoms with E-state index in [1.54, 1.807) is 11.1 Å². The summed E-state index contributed by atoms with van der Waals surface area (Å²) in [5, 5.41) is 0. The Morgan fingerprint density at radius 2 is 2.00 bits per heavy atom. The highest BCUT2D eigenvalue weighted by molar-refractivity contribution is 5.96. The predicted molar refractivity (Wildman–Crippen MR) is 71.4 cm³/mol. The highest BCUT2D eigenvalue weighted by Gasteiger charge is 2.21. The van der Waals surface area contributed by atoms with Gasteiger partial charge in [0.25, 0.3) is 0 Å². The third kappa shape index (κ3) is 4.13. The molecule has 1 aromatic rings. The van der Waals surface area contributed by atoms with Crippen LogP contribution in [-0.4, -0.2) is 52.7 Å². The molecule has 1 aromatic heterocycles. The van der Waals surface area contributed by atoms with Crippen molar-refractivity contribution in [3.05, 3.63) is 30.1 Å². The summed E-state index contributed by atoms with van der Waals surface area (Å²) in [6, 6.07) is 3.99. The van der Waals surface area contributed by atoms with Gasteiger partial charge in [0, 0.05) is 45.1 Å². The first kappa shape index (κ1) is 13.7. The van der Waals surface area contributed by atoms with Crippen molar-refractivity contribution in [2.45, 2.75) is 19.9 Å². The molecule has 0 saturated carbocycles. The molecular formula is C14H19N3O2. The molecule has 0 N–H and O–H groups in total. The number of nitrogens with zero attached hydrogens (tertiary/aromatic N) is 3. The number of rotatable bonds is 4. The van der Waals surface area contributed by atoms with E-state index in [1.165, 1.54) is 12.5 Å². The Balaban J connectivity index is 1.79. The van der Waals surface area contributed by atoms with E-state index in [4.69, 9.17) is 0 Å². The lowest BCUT2D eigenvalue weighted by atomic mass is 10.2. The van der Waals surface area contributed by atoms with Crippen LogP contribution >= 0.6 is 0 Å². The Morgan fingerprint density at radius 3 is 2.58 bits per heavy atom. The van der Waals surface area contributed by atoms with Gasteiger partial charge in [-0.1, -0.05) is 6.07 Å². The summed E-state index contributed by atoms with van der Waals surface area (Å²) in [5.74, 6) is -0.115. The lowest BCUT2D eigenvalue weighted by Crippen LogP contribution is -2.48. The van der Waals surface area contributed by atoms with Crippen molar-refractivity contribution in [1.82, 2.24) is 14.8 Å². The number of ketones is 1. The van der Waals surface area contributed by atoms with Crippen molar-refractivity contribution < 1.29 is 9.59 Å². The van der Waals surface area contributed by atoms with Crippen LogP contribution in [0.4, 0.5) is 0 Å². The van der Waals surface area contributed by atoms with Gasteiger partial charge in [0.1, 0.15) is 5.78 Å². The third-order valence-corrected chi connectivity index (χ3v) is 3.25. The molecule has 5 heteroatoms. The van der Waals surface area contributed by atoms with Crippen LogP contribution in [0.2, 0.25) is 0 Å². The number of Topliss-reactive ketones (excluding diaryl/α,β-unsaturated/α-hetero) is 1.